The smallest absolute Gasteiger partial charge is 0.145 e. The number of furan rings is 1. The van der Waals surface area contributed by atoms with Gasteiger partial charge < -0.3 is 14.2 Å². The maximum absolute atomic E-state index is 7.53. The molecule has 0 bridgehead atoms. The number of anilines is 6. The number of rotatable bonds is 6. The summed E-state index contributed by atoms with van der Waals surface area (Å²) in [5.74, 6) is 0. The fourth-order valence-electron chi connectivity index (χ4n) is 13.0. The minimum atomic E-state index is -0.742. The molecule has 0 amide bonds. The quantitative estimate of drug-likeness (QED) is 0.165. The largest absolute Gasteiger partial charge is 0.455 e. The third kappa shape index (κ3) is 7.59. The van der Waals surface area contributed by atoms with E-state index in [0.29, 0.717) is 0 Å². The van der Waals surface area contributed by atoms with Crippen LogP contribution in [0.2, 0.25) is 0 Å². The number of nitrogens with zero attached hydrogens (tertiary/aromatic N) is 2. The van der Waals surface area contributed by atoms with Crippen molar-refractivity contribution in [2.75, 3.05) is 9.80 Å². The van der Waals surface area contributed by atoms with Gasteiger partial charge in [0.15, 0.2) is 0 Å². The molecule has 3 heteroatoms. The van der Waals surface area contributed by atoms with Crippen LogP contribution in [0.25, 0.3) is 55.0 Å². The van der Waals surface area contributed by atoms with Crippen LogP contribution in [0.15, 0.2) is 211 Å². The molecule has 2 aliphatic rings. The van der Waals surface area contributed by atoms with Gasteiger partial charge in [-0.25, -0.2) is 0 Å². The minimum Gasteiger partial charge on any atom is -0.455 e. The monoisotopic (exact) mass is 1010 g/mol. The van der Waals surface area contributed by atoms with E-state index in [1.165, 1.54) is 72.0 Å². The zero-order valence-electron chi connectivity index (χ0n) is 47.4. The third-order valence-electron chi connectivity index (χ3n) is 17.1. The van der Waals surface area contributed by atoms with Crippen molar-refractivity contribution in [1.82, 2.24) is 0 Å². The van der Waals surface area contributed by atoms with Crippen LogP contribution in [0.3, 0.4) is 0 Å². The molecule has 0 fully saturated rings. The van der Waals surface area contributed by atoms with E-state index in [-0.39, 0.29) is 21.7 Å². The van der Waals surface area contributed by atoms with Gasteiger partial charge in [0.2, 0.25) is 0 Å². The van der Waals surface area contributed by atoms with Crippen LogP contribution in [-0.2, 0) is 27.1 Å². The molecule has 10 aromatic carbocycles. The lowest BCUT2D eigenvalue weighted by Gasteiger charge is -2.34. The van der Waals surface area contributed by atoms with Crippen molar-refractivity contribution in [3.63, 3.8) is 0 Å². The average molecular weight is 1020 g/mol. The Bertz CT molecular complexity index is 3980. The first-order chi connectivity index (χ1) is 37.2. The summed E-state index contributed by atoms with van der Waals surface area (Å²) in [5.41, 5.74) is 22.7. The van der Waals surface area contributed by atoms with Gasteiger partial charge >= 0.3 is 0 Å². The molecule has 11 aromatic rings. The van der Waals surface area contributed by atoms with Crippen LogP contribution < -0.4 is 9.80 Å². The Labute approximate surface area is 461 Å². The first-order valence-electron chi connectivity index (χ1n) is 28.0. The molecule has 1 spiro atoms. The standard InChI is InChI=1S/C75H70N2O/c1-71(2,3)47-29-37-51(38-30-47)76(52-39-31-48(32-40-52)72(4,5)6)64-45-62-67(58-24-14-13-23-57(58)64)69-63(75(62)60-26-18-15-21-55(60)56-22-16-19-27-61(56)75)46-65(68-59-25-17-20-28-66(59)78-70(68)69)77(53-41-33-49(34-42-53)73(7,8)9)54-43-35-50(36-44-54)74(10,11)12/h13-46H,1-12H3. The van der Waals surface area contributed by atoms with Gasteiger partial charge in [0, 0.05) is 39.1 Å². The van der Waals surface area contributed by atoms with E-state index >= 15 is 0 Å². The Morgan fingerprint density at radius 2 is 0.667 bits per heavy atom. The number of hydrogen-bond donors (Lipinski definition) is 0. The zero-order valence-corrected chi connectivity index (χ0v) is 47.4. The lowest BCUT2D eigenvalue weighted by Crippen LogP contribution is -2.26. The number of benzene rings is 10. The molecule has 0 aliphatic heterocycles. The average Bonchev–Trinajstić information content (AvgIpc) is 2.35. The molecule has 0 saturated carbocycles. The molecule has 0 radical (unpaired) electrons. The minimum absolute atomic E-state index is 0.00156. The maximum atomic E-state index is 7.53. The molecule has 13 rings (SSSR count). The number of hydrogen-bond acceptors (Lipinski definition) is 3. The molecule has 386 valence electrons. The van der Waals surface area contributed by atoms with Crippen molar-refractivity contribution in [3.05, 3.63) is 251 Å². The van der Waals surface area contributed by atoms with E-state index in [0.717, 1.165) is 61.6 Å². The molecular formula is C75H70N2O. The van der Waals surface area contributed by atoms with Crippen LogP contribution in [-0.4, -0.2) is 0 Å². The SMILES string of the molecule is CC(C)(C)c1ccc(N(c2ccc(C(C)(C)C)cc2)c2cc3c(c4ccccc24)-c2c(cc(N(c4ccc(C(C)(C)C)cc4)c4ccc(C(C)(C)C)cc4)c4c2oc2ccccc24)C32c3ccccc3-c3ccccc32)cc1. The van der Waals surface area contributed by atoms with Crippen molar-refractivity contribution in [1.29, 1.82) is 0 Å². The zero-order chi connectivity index (χ0) is 54.3. The van der Waals surface area contributed by atoms with Crippen LogP contribution in [0.1, 0.15) is 128 Å². The Hall–Kier alpha value is -8.14. The van der Waals surface area contributed by atoms with Crippen molar-refractivity contribution in [2.45, 2.75) is 110 Å². The van der Waals surface area contributed by atoms with E-state index in [4.69, 9.17) is 4.42 Å². The highest BCUT2D eigenvalue weighted by molar-refractivity contribution is 6.23. The predicted molar refractivity (Wildman–Crippen MR) is 332 cm³/mol. The van der Waals surface area contributed by atoms with Gasteiger partial charge in [-0.05, 0) is 155 Å². The van der Waals surface area contributed by atoms with E-state index < -0.39 is 5.41 Å². The van der Waals surface area contributed by atoms with E-state index in [9.17, 15) is 0 Å². The highest BCUT2D eigenvalue weighted by atomic mass is 16.3. The van der Waals surface area contributed by atoms with Gasteiger partial charge in [-0.15, -0.1) is 0 Å². The van der Waals surface area contributed by atoms with Crippen molar-refractivity contribution in [3.8, 4) is 22.3 Å². The van der Waals surface area contributed by atoms with Gasteiger partial charge in [0.05, 0.1) is 22.2 Å². The topological polar surface area (TPSA) is 19.6 Å². The molecule has 78 heavy (non-hydrogen) atoms. The second-order valence-corrected chi connectivity index (χ2v) is 26.2. The Balaban J connectivity index is 1.18. The second kappa shape index (κ2) is 17.4. The lowest BCUT2D eigenvalue weighted by atomic mass is 9.70. The highest BCUT2D eigenvalue weighted by Gasteiger charge is 2.54. The summed E-state index contributed by atoms with van der Waals surface area (Å²) >= 11 is 0. The van der Waals surface area contributed by atoms with E-state index in [1.54, 1.807) is 0 Å². The van der Waals surface area contributed by atoms with E-state index in [2.05, 4.69) is 299 Å². The van der Waals surface area contributed by atoms with Crippen LogP contribution in [0.4, 0.5) is 34.1 Å². The molecule has 0 saturated heterocycles. The summed E-state index contributed by atoms with van der Waals surface area (Å²) in [5, 5.41) is 4.55. The second-order valence-electron chi connectivity index (χ2n) is 26.2. The summed E-state index contributed by atoms with van der Waals surface area (Å²) in [4.78, 5) is 5.01. The van der Waals surface area contributed by atoms with Crippen LogP contribution in [0, 0.1) is 0 Å². The third-order valence-corrected chi connectivity index (χ3v) is 17.1. The molecule has 1 aromatic heterocycles. The highest BCUT2D eigenvalue weighted by Crippen LogP contribution is 2.67. The molecule has 0 atom stereocenters. The van der Waals surface area contributed by atoms with Gasteiger partial charge in [-0.2, -0.15) is 0 Å². The van der Waals surface area contributed by atoms with Gasteiger partial charge in [-0.1, -0.05) is 223 Å². The summed E-state index contributed by atoms with van der Waals surface area (Å²) < 4.78 is 7.53. The molecule has 1 heterocycles. The van der Waals surface area contributed by atoms with Gasteiger partial charge in [-0.3, -0.25) is 0 Å². The summed E-state index contributed by atoms with van der Waals surface area (Å²) in [7, 11) is 0. The first-order valence-corrected chi connectivity index (χ1v) is 28.0. The lowest BCUT2D eigenvalue weighted by molar-refractivity contribution is 0.590. The Kier molecular flexibility index (Phi) is 11.0. The fraction of sp³-hybridized carbons (Fsp3) is 0.227. The van der Waals surface area contributed by atoms with Crippen molar-refractivity contribution in [2.24, 2.45) is 0 Å². The number of fused-ring (bicyclic) bond motifs is 16. The summed E-state index contributed by atoms with van der Waals surface area (Å²) in [6.07, 6.45) is 0. The van der Waals surface area contributed by atoms with Gasteiger partial charge in [0.25, 0.3) is 0 Å². The fourth-order valence-corrected chi connectivity index (χ4v) is 13.0. The van der Waals surface area contributed by atoms with Crippen molar-refractivity contribution >= 4 is 66.8 Å². The first kappa shape index (κ1) is 49.4. The summed E-state index contributed by atoms with van der Waals surface area (Å²) in [6, 6.07) is 78.4. The summed E-state index contributed by atoms with van der Waals surface area (Å²) in [6.45, 7) is 27.5. The Morgan fingerprint density at radius 1 is 0.321 bits per heavy atom. The molecular weight excluding hydrogens is 945 g/mol. The normalized spacial score (nSPS) is 13.7. The molecule has 0 unspecified atom stereocenters. The maximum Gasteiger partial charge on any atom is 0.145 e. The number of para-hydroxylation sites is 1. The molecule has 3 nitrogen and oxygen atoms in total. The van der Waals surface area contributed by atoms with Crippen LogP contribution in [0.5, 0.6) is 0 Å². The Morgan fingerprint density at radius 3 is 1.10 bits per heavy atom. The van der Waals surface area contributed by atoms with Crippen molar-refractivity contribution < 1.29 is 4.42 Å². The molecule has 0 N–H and O–H groups in total. The van der Waals surface area contributed by atoms with E-state index in [1.807, 2.05) is 0 Å². The van der Waals surface area contributed by atoms with Crippen LogP contribution >= 0.6 is 0 Å². The van der Waals surface area contributed by atoms with Gasteiger partial charge in [0.1, 0.15) is 11.2 Å². The molecule has 2 aliphatic carbocycles. The predicted octanol–water partition coefficient (Wildman–Crippen LogP) is 21.2.